The van der Waals surface area contributed by atoms with Crippen LogP contribution in [0, 0.1) is 0 Å². The largest absolute Gasteiger partial charge is 0.456 e. The minimum atomic E-state index is 0.809. The van der Waals surface area contributed by atoms with Gasteiger partial charge in [0.05, 0.1) is 77.4 Å². The molecule has 0 saturated carbocycles. The zero-order chi connectivity index (χ0) is 77.3. The highest BCUT2D eigenvalue weighted by Gasteiger charge is 2.24. The highest BCUT2D eigenvalue weighted by molar-refractivity contribution is 7.27. The molecule has 0 N–H and O–H groups in total. The second-order valence-corrected chi connectivity index (χ2v) is 31.3. The van der Waals surface area contributed by atoms with Crippen LogP contribution in [0.4, 0.5) is 0 Å². The van der Waals surface area contributed by atoms with Crippen LogP contribution in [-0.2, 0) is 0 Å². The first kappa shape index (κ1) is 68.6. The molecule has 0 amide bonds. The summed E-state index contributed by atoms with van der Waals surface area (Å²) >= 11 is 3.64. The average Bonchev–Trinajstić information content (AvgIpc) is 1.60. The number of rotatable bonds is 12. The molecule has 23 aromatic rings. The SMILES string of the molecule is c1ccc(-c2cc(-c3ccc(-c4ccc(-c5nc6cccc(-c7cccc8oc9ccccc9c78)c6c6c5sc5ccccc56)cc4)cc3)cc(-c3ccccn3)n2)nc1.c1ccc(-c2cc(-c3cccc(-c4ccc(-c5nc6ccc(-c7ccc8ccccc8c7)cc6c6c5sc5ccccc56)cc4)c3)cc(-c3ccccn3)n2)nc1. The molecule has 11 aromatic heterocycles. The summed E-state index contributed by atoms with van der Waals surface area (Å²) in [6.07, 6.45) is 7.20. The summed E-state index contributed by atoms with van der Waals surface area (Å²) in [6, 6.07) is 128. The highest BCUT2D eigenvalue weighted by Crippen LogP contribution is 2.49. The molecule has 11 heterocycles. The maximum Gasteiger partial charge on any atom is 0.136 e. The Bertz CT molecular complexity index is 7670. The van der Waals surface area contributed by atoms with Crippen LogP contribution in [0.2, 0.25) is 0 Å². The van der Waals surface area contributed by atoms with Gasteiger partial charge in [0.25, 0.3) is 0 Å². The van der Waals surface area contributed by atoms with Gasteiger partial charge in [0.15, 0.2) is 0 Å². The van der Waals surface area contributed by atoms with E-state index in [1.165, 1.54) is 67.6 Å². The topological polar surface area (TPSA) is 116 Å². The van der Waals surface area contributed by atoms with Gasteiger partial charge >= 0.3 is 0 Å². The van der Waals surface area contributed by atoms with Gasteiger partial charge < -0.3 is 4.42 Å². The summed E-state index contributed by atoms with van der Waals surface area (Å²) in [5.41, 5.74) is 28.0. The van der Waals surface area contributed by atoms with E-state index in [0.717, 1.165) is 162 Å². The van der Waals surface area contributed by atoms with E-state index < -0.39 is 0 Å². The molecule has 0 aliphatic heterocycles. The van der Waals surface area contributed by atoms with Gasteiger partial charge in [-0.25, -0.2) is 19.9 Å². The Hall–Kier alpha value is -15.1. The third kappa shape index (κ3) is 12.7. The van der Waals surface area contributed by atoms with Crippen LogP contribution in [0.15, 0.2) is 393 Å². The Labute approximate surface area is 680 Å². The van der Waals surface area contributed by atoms with E-state index in [1.807, 2.05) is 108 Å². The summed E-state index contributed by atoms with van der Waals surface area (Å²) in [5, 5.41) is 12.1. The van der Waals surface area contributed by atoms with E-state index >= 15 is 0 Å². The van der Waals surface area contributed by atoms with E-state index in [-0.39, 0.29) is 0 Å². The van der Waals surface area contributed by atoms with Crippen LogP contribution in [0.5, 0.6) is 0 Å². The van der Waals surface area contributed by atoms with Crippen molar-refractivity contribution in [3.63, 3.8) is 0 Å². The van der Waals surface area contributed by atoms with Crippen LogP contribution < -0.4 is 0 Å². The number of pyridine rings is 8. The lowest BCUT2D eigenvalue weighted by atomic mass is 9.93. The van der Waals surface area contributed by atoms with Gasteiger partial charge in [-0.3, -0.25) is 19.9 Å². The Balaban J connectivity index is 0.000000142. The molecular formula is C106H64N8OS2. The predicted octanol–water partition coefficient (Wildman–Crippen LogP) is 28.6. The Morgan fingerprint density at radius 3 is 1.18 bits per heavy atom. The summed E-state index contributed by atoms with van der Waals surface area (Å²) in [4.78, 5) is 39.1. The van der Waals surface area contributed by atoms with Gasteiger partial charge in [-0.1, -0.05) is 237 Å². The third-order valence-electron chi connectivity index (χ3n) is 22.2. The van der Waals surface area contributed by atoms with E-state index in [1.54, 1.807) is 24.8 Å². The van der Waals surface area contributed by atoms with E-state index in [0.29, 0.717) is 0 Å². The number of hydrogen-bond acceptors (Lipinski definition) is 11. The Kier molecular flexibility index (Phi) is 17.1. The molecule has 12 aromatic carbocycles. The number of benzene rings is 12. The second kappa shape index (κ2) is 29.1. The lowest BCUT2D eigenvalue weighted by Gasteiger charge is -2.13. The predicted molar refractivity (Wildman–Crippen MR) is 486 cm³/mol. The molecule has 23 rings (SSSR count). The lowest BCUT2D eigenvalue weighted by molar-refractivity contribution is 0.669. The van der Waals surface area contributed by atoms with Crippen molar-refractivity contribution in [2.45, 2.75) is 0 Å². The molecule has 0 unspecified atom stereocenters. The van der Waals surface area contributed by atoms with Gasteiger partial charge in [-0.2, -0.15) is 0 Å². The smallest absolute Gasteiger partial charge is 0.136 e. The molecule has 0 fully saturated rings. The van der Waals surface area contributed by atoms with E-state index in [9.17, 15) is 0 Å². The van der Waals surface area contributed by atoms with Crippen molar-refractivity contribution in [1.82, 2.24) is 39.9 Å². The maximum atomic E-state index is 6.33. The quantitative estimate of drug-likeness (QED) is 0.118. The minimum Gasteiger partial charge on any atom is -0.456 e. The van der Waals surface area contributed by atoms with Gasteiger partial charge in [0.1, 0.15) is 11.2 Å². The molecule has 0 atom stereocenters. The first-order valence-electron chi connectivity index (χ1n) is 39.0. The highest BCUT2D eigenvalue weighted by atomic mass is 32.1. The van der Waals surface area contributed by atoms with Crippen molar-refractivity contribution < 1.29 is 4.42 Å². The number of para-hydroxylation sites is 1. The number of thiophene rings is 2. The second-order valence-electron chi connectivity index (χ2n) is 29.2. The van der Waals surface area contributed by atoms with Gasteiger partial charge in [-0.15, -0.1) is 22.7 Å². The fraction of sp³-hybridized carbons (Fsp3) is 0. The molecule has 0 saturated heterocycles. The average molecular weight is 1530 g/mol. The number of aromatic nitrogens is 8. The zero-order valence-corrected chi connectivity index (χ0v) is 64.4. The van der Waals surface area contributed by atoms with Crippen LogP contribution in [0.1, 0.15) is 0 Å². The van der Waals surface area contributed by atoms with E-state index in [4.69, 9.17) is 24.4 Å². The number of furan rings is 1. The standard InChI is InChI=1S/C54H32N4OS.C52H32N4S/c1-3-18-47-40(11-1)50-38(14-10-19-48(50)59-47)39-13-9-17-44-51(39)52-41-12-2-4-20-49(41)60-54(52)53(58-44)36-27-25-34(26-28-36)33-21-23-35(24-22-33)37-31-45(42-15-5-7-29-55-42)57-46(32-37)43-16-6-8-30-56-43;1-2-11-36-29-39(23-20-33(36)10-1)40-24-25-44-43(30-40)50-42-14-3-4-17-49(42)57-52(50)51(56-44)35-21-18-34(19-22-35)37-12-9-13-38(28-37)41-31-47(45-15-5-7-26-53-45)55-48(32-41)46-16-6-8-27-54-46/h1-32H;1-32H. The lowest BCUT2D eigenvalue weighted by Crippen LogP contribution is -1.94. The molecule has 546 valence electrons. The molecule has 0 aliphatic carbocycles. The fourth-order valence-electron chi connectivity index (χ4n) is 16.5. The molecule has 0 bridgehead atoms. The summed E-state index contributed by atoms with van der Waals surface area (Å²) in [7, 11) is 0. The molecule has 9 nitrogen and oxygen atoms in total. The Morgan fingerprint density at radius 2 is 0.607 bits per heavy atom. The van der Waals surface area contributed by atoms with Crippen LogP contribution in [-0.4, -0.2) is 39.9 Å². The van der Waals surface area contributed by atoms with Crippen LogP contribution in [0.25, 0.3) is 230 Å². The number of nitrogens with zero attached hydrogens (tertiary/aromatic N) is 8. The summed E-state index contributed by atoms with van der Waals surface area (Å²) < 4.78 is 11.2. The zero-order valence-electron chi connectivity index (χ0n) is 62.8. The third-order valence-corrected chi connectivity index (χ3v) is 24.5. The first-order valence-corrected chi connectivity index (χ1v) is 40.6. The number of hydrogen-bond donors (Lipinski definition) is 0. The van der Waals surface area contributed by atoms with Crippen molar-refractivity contribution in [1.29, 1.82) is 0 Å². The summed E-state index contributed by atoms with van der Waals surface area (Å²) in [5.74, 6) is 0. The molecule has 0 spiro atoms. The van der Waals surface area contributed by atoms with Crippen molar-refractivity contribution in [2.75, 3.05) is 0 Å². The molecular weight excluding hydrogens is 1470 g/mol. The number of fused-ring (bicyclic) bond motifs is 14. The molecule has 11 heteroatoms. The van der Waals surface area contributed by atoms with Gasteiger partial charge in [0, 0.05) is 88.4 Å². The first-order chi connectivity index (χ1) is 57.9. The minimum absolute atomic E-state index is 0.809. The van der Waals surface area contributed by atoms with Gasteiger partial charge in [0.2, 0.25) is 0 Å². The van der Waals surface area contributed by atoms with Crippen LogP contribution >= 0.6 is 22.7 Å². The Morgan fingerprint density at radius 1 is 0.205 bits per heavy atom. The molecule has 0 aliphatic rings. The maximum absolute atomic E-state index is 6.33. The fourth-order valence-corrected chi connectivity index (χ4v) is 19.0. The molecule has 117 heavy (non-hydrogen) atoms. The van der Waals surface area contributed by atoms with Crippen molar-refractivity contribution >= 4 is 118 Å². The van der Waals surface area contributed by atoms with Crippen LogP contribution in [0.3, 0.4) is 0 Å². The normalized spacial score (nSPS) is 11.6. The van der Waals surface area contributed by atoms with Crippen molar-refractivity contribution in [2.24, 2.45) is 0 Å². The van der Waals surface area contributed by atoms with E-state index in [2.05, 4.69) is 299 Å². The molecule has 0 radical (unpaired) electrons. The summed E-state index contributed by atoms with van der Waals surface area (Å²) in [6.45, 7) is 0. The van der Waals surface area contributed by atoms with Gasteiger partial charge in [-0.05, 0) is 205 Å². The van der Waals surface area contributed by atoms with Crippen molar-refractivity contribution in [3.8, 4) is 135 Å². The van der Waals surface area contributed by atoms with Crippen molar-refractivity contribution in [3.05, 3.63) is 389 Å². The monoisotopic (exact) mass is 1530 g/mol.